The first kappa shape index (κ1) is 18.6. The molecule has 0 saturated heterocycles. The smallest absolute Gasteiger partial charge is 0.307 e. The molecular formula is C8H20O7P2S. The average Bonchev–Trinajstić information content (AvgIpc) is 2.27. The maximum absolute atomic E-state index is 12.1. The third kappa shape index (κ3) is 7.28. The van der Waals surface area contributed by atoms with Crippen LogP contribution in [0.3, 0.4) is 0 Å². The van der Waals surface area contributed by atoms with Crippen LogP contribution in [0.25, 0.3) is 0 Å². The highest BCUT2D eigenvalue weighted by atomic mass is 32.5. The molecule has 0 rings (SSSR count). The van der Waals surface area contributed by atoms with Gasteiger partial charge in [0.25, 0.3) is 0 Å². The number of hydrogen-bond acceptors (Lipinski definition) is 8. The Bertz CT molecular complexity index is 302. The maximum atomic E-state index is 12.1. The van der Waals surface area contributed by atoms with Crippen LogP contribution in [0, 0.1) is 0 Å². The Morgan fingerprint density at radius 3 is 1.78 bits per heavy atom. The van der Waals surface area contributed by atoms with E-state index in [4.69, 9.17) is 39.3 Å². The van der Waals surface area contributed by atoms with Crippen LogP contribution in [0.4, 0.5) is 0 Å². The van der Waals surface area contributed by atoms with Gasteiger partial charge in [-0.05, 0) is 39.5 Å². The summed E-state index contributed by atoms with van der Waals surface area (Å²) in [5, 5.41) is 0. The molecule has 0 radical (unpaired) electrons. The van der Waals surface area contributed by atoms with Gasteiger partial charge >= 0.3 is 14.5 Å². The molecule has 1 unspecified atom stereocenters. The van der Waals surface area contributed by atoms with Gasteiger partial charge in [-0.15, -0.1) is 4.67 Å². The Hall–Kier alpha value is 0.640. The van der Waals surface area contributed by atoms with Crippen molar-refractivity contribution < 1.29 is 32.0 Å². The third-order valence-electron chi connectivity index (χ3n) is 1.32. The summed E-state index contributed by atoms with van der Waals surface area (Å²) < 4.78 is 37.2. The SMILES string of the molecule is CCOOP(=S)(OCC)OP(=O)(OCC)OCC. The van der Waals surface area contributed by atoms with Crippen LogP contribution in [-0.4, -0.2) is 26.4 Å². The lowest BCUT2D eigenvalue weighted by molar-refractivity contribution is -0.211. The van der Waals surface area contributed by atoms with E-state index < -0.39 is 14.5 Å². The van der Waals surface area contributed by atoms with Crippen molar-refractivity contribution in [2.45, 2.75) is 27.7 Å². The van der Waals surface area contributed by atoms with Crippen molar-refractivity contribution >= 4 is 26.3 Å². The van der Waals surface area contributed by atoms with Crippen molar-refractivity contribution in [3.8, 4) is 0 Å². The van der Waals surface area contributed by atoms with E-state index in [-0.39, 0.29) is 26.4 Å². The van der Waals surface area contributed by atoms with Gasteiger partial charge in [-0.25, -0.2) is 13.8 Å². The van der Waals surface area contributed by atoms with Gasteiger partial charge in [-0.1, -0.05) is 0 Å². The molecule has 0 heterocycles. The number of phosphoric acid groups is 1. The second kappa shape index (κ2) is 9.53. The number of hydrogen-bond donors (Lipinski definition) is 0. The summed E-state index contributed by atoms with van der Waals surface area (Å²) in [5.41, 5.74) is 0. The minimum atomic E-state index is -3.80. The molecule has 0 aliphatic rings. The first-order valence-corrected chi connectivity index (χ1v) is 9.63. The fourth-order valence-corrected chi connectivity index (χ4v) is 4.99. The van der Waals surface area contributed by atoms with E-state index in [0.29, 0.717) is 0 Å². The minimum absolute atomic E-state index is 0.146. The predicted molar refractivity (Wildman–Crippen MR) is 70.6 cm³/mol. The summed E-state index contributed by atoms with van der Waals surface area (Å²) in [7, 11) is -3.80. The minimum Gasteiger partial charge on any atom is -0.307 e. The molecular weight excluding hydrogens is 302 g/mol. The predicted octanol–water partition coefficient (Wildman–Crippen LogP) is 3.41. The Labute approximate surface area is 113 Å². The van der Waals surface area contributed by atoms with Crippen LogP contribution < -0.4 is 0 Å². The van der Waals surface area contributed by atoms with Crippen LogP contribution in [0.15, 0.2) is 0 Å². The van der Waals surface area contributed by atoms with Crippen LogP contribution in [0.2, 0.25) is 0 Å². The molecule has 7 nitrogen and oxygen atoms in total. The molecule has 0 N–H and O–H groups in total. The fourth-order valence-electron chi connectivity index (χ4n) is 0.857. The lowest BCUT2D eigenvalue weighted by Gasteiger charge is -2.23. The Balaban J connectivity index is 4.79. The molecule has 0 aromatic carbocycles. The van der Waals surface area contributed by atoms with Crippen molar-refractivity contribution in [3.63, 3.8) is 0 Å². The Kier molecular flexibility index (Phi) is 9.87. The summed E-state index contributed by atoms with van der Waals surface area (Å²) in [6.07, 6.45) is 0. The van der Waals surface area contributed by atoms with Crippen LogP contribution in [-0.2, 0) is 43.8 Å². The second-order valence-electron chi connectivity index (χ2n) is 2.71. The Morgan fingerprint density at radius 1 is 0.889 bits per heavy atom. The molecule has 0 aliphatic carbocycles. The molecule has 0 bridgehead atoms. The summed E-state index contributed by atoms with van der Waals surface area (Å²) in [6.45, 7) is 4.17. The van der Waals surface area contributed by atoms with Gasteiger partial charge in [0.2, 0.25) is 0 Å². The molecule has 0 spiro atoms. The summed E-state index contributed by atoms with van der Waals surface area (Å²) in [5.74, 6) is 0. The average molecular weight is 322 g/mol. The molecule has 0 amide bonds. The fraction of sp³-hybridized carbons (Fsp3) is 1.00. The van der Waals surface area contributed by atoms with Gasteiger partial charge in [-0.3, -0.25) is 9.05 Å². The number of phosphoric ester groups is 1. The zero-order chi connectivity index (χ0) is 14.1. The van der Waals surface area contributed by atoms with Crippen LogP contribution >= 0.6 is 14.5 Å². The monoisotopic (exact) mass is 322 g/mol. The van der Waals surface area contributed by atoms with Crippen molar-refractivity contribution in [1.82, 2.24) is 0 Å². The summed E-state index contributed by atoms with van der Waals surface area (Å²) in [6, 6.07) is 0. The lowest BCUT2D eigenvalue weighted by Crippen LogP contribution is -2.04. The van der Waals surface area contributed by atoms with E-state index in [1.807, 2.05) is 0 Å². The molecule has 0 aliphatic heterocycles. The van der Waals surface area contributed by atoms with Crippen molar-refractivity contribution in [3.05, 3.63) is 0 Å². The molecule has 110 valence electrons. The molecule has 0 saturated carbocycles. The Morgan fingerprint density at radius 2 is 1.39 bits per heavy atom. The lowest BCUT2D eigenvalue weighted by atomic mass is 10.9. The molecule has 18 heavy (non-hydrogen) atoms. The van der Waals surface area contributed by atoms with Crippen molar-refractivity contribution in [2.75, 3.05) is 26.4 Å². The molecule has 0 aromatic heterocycles. The van der Waals surface area contributed by atoms with Gasteiger partial charge in [-0.2, -0.15) is 0 Å². The van der Waals surface area contributed by atoms with E-state index in [0.717, 1.165) is 0 Å². The zero-order valence-corrected chi connectivity index (χ0v) is 13.6. The van der Waals surface area contributed by atoms with E-state index >= 15 is 0 Å². The third-order valence-corrected chi connectivity index (χ3v) is 6.03. The second-order valence-corrected chi connectivity index (χ2v) is 7.42. The van der Waals surface area contributed by atoms with Gasteiger partial charge in [0, 0.05) is 0 Å². The highest BCUT2D eigenvalue weighted by molar-refractivity contribution is 8.08. The molecule has 0 fully saturated rings. The van der Waals surface area contributed by atoms with E-state index in [1.54, 1.807) is 27.7 Å². The summed E-state index contributed by atoms with van der Waals surface area (Å²) >= 11 is 5.03. The highest BCUT2D eigenvalue weighted by Gasteiger charge is 2.37. The van der Waals surface area contributed by atoms with Gasteiger partial charge in [0.15, 0.2) is 0 Å². The standard InChI is InChI=1S/C8H20O7P2S/c1-5-10-14-17(18,13-8-4)15-16(9,11-6-2)12-7-3/h5-8H2,1-4H3. The molecule has 0 aromatic rings. The quantitative estimate of drug-likeness (QED) is 0.325. The van der Waals surface area contributed by atoms with Gasteiger partial charge in [0.1, 0.15) is 0 Å². The van der Waals surface area contributed by atoms with E-state index in [2.05, 4.69) is 0 Å². The first-order chi connectivity index (χ1) is 8.45. The zero-order valence-electron chi connectivity index (χ0n) is 11.0. The van der Waals surface area contributed by atoms with Crippen molar-refractivity contribution in [2.24, 2.45) is 0 Å². The van der Waals surface area contributed by atoms with Crippen molar-refractivity contribution in [1.29, 1.82) is 0 Å². The normalized spacial score (nSPS) is 15.6. The highest BCUT2D eigenvalue weighted by Crippen LogP contribution is 2.66. The first-order valence-electron chi connectivity index (χ1n) is 5.61. The molecule has 1 atom stereocenters. The molecule has 10 heteroatoms. The summed E-state index contributed by atoms with van der Waals surface area (Å²) in [4.78, 5) is 4.72. The van der Waals surface area contributed by atoms with E-state index in [9.17, 15) is 4.57 Å². The topological polar surface area (TPSA) is 72.5 Å². The van der Waals surface area contributed by atoms with Crippen LogP contribution in [0.5, 0.6) is 0 Å². The largest absolute Gasteiger partial charge is 0.482 e. The maximum Gasteiger partial charge on any atom is 0.482 e. The van der Waals surface area contributed by atoms with Crippen LogP contribution in [0.1, 0.15) is 27.7 Å². The number of rotatable bonds is 11. The van der Waals surface area contributed by atoms with E-state index in [1.165, 1.54) is 0 Å². The van der Waals surface area contributed by atoms with Gasteiger partial charge in [0.05, 0.1) is 26.4 Å². The van der Waals surface area contributed by atoms with Gasteiger partial charge < -0.3 is 4.52 Å².